The zero-order valence-electron chi connectivity index (χ0n) is 6.53. The molecule has 1 heterocycles. The highest BCUT2D eigenvalue weighted by Crippen LogP contribution is 2.07. The van der Waals surface area contributed by atoms with Crippen molar-refractivity contribution in [3.8, 4) is 0 Å². The molecule has 1 rings (SSSR count). The number of nitrogens with zero attached hydrogens (tertiary/aromatic N) is 4. The number of hydrogen-bond donors (Lipinski definition) is 0. The van der Waals surface area contributed by atoms with Gasteiger partial charge in [-0.1, -0.05) is 11.2 Å². The van der Waals surface area contributed by atoms with Crippen LogP contribution in [0.5, 0.6) is 0 Å². The molecule has 0 atom stereocenters. The van der Waals surface area contributed by atoms with Gasteiger partial charge in [0.25, 0.3) is 0 Å². The van der Waals surface area contributed by atoms with Crippen LogP contribution >= 0.6 is 0 Å². The number of aryl methyl sites for hydroxylation is 1. The second-order valence-corrected chi connectivity index (χ2v) is 2.27. The Morgan fingerprint density at radius 2 is 2.42 bits per heavy atom. The molecule has 0 saturated heterocycles. The number of azide groups is 1. The van der Waals surface area contributed by atoms with Gasteiger partial charge in [-0.2, -0.15) is 4.39 Å². The van der Waals surface area contributed by atoms with Crippen LogP contribution in [0.4, 0.5) is 4.39 Å². The van der Waals surface area contributed by atoms with E-state index in [1.165, 1.54) is 6.07 Å². The maximum Gasteiger partial charge on any atom is 0.213 e. The van der Waals surface area contributed by atoms with Crippen molar-refractivity contribution in [3.05, 3.63) is 39.8 Å². The molecule has 1 aromatic heterocycles. The van der Waals surface area contributed by atoms with Gasteiger partial charge in [0.1, 0.15) is 0 Å². The summed E-state index contributed by atoms with van der Waals surface area (Å²) in [6.07, 6.45) is 0. The molecular formula is C7H7FN4. The average Bonchev–Trinajstić information content (AvgIpc) is 2.03. The number of rotatable bonds is 2. The average molecular weight is 166 g/mol. The Morgan fingerprint density at radius 1 is 1.67 bits per heavy atom. The van der Waals surface area contributed by atoms with E-state index in [1.54, 1.807) is 13.0 Å². The summed E-state index contributed by atoms with van der Waals surface area (Å²) in [6, 6.07) is 2.81. The van der Waals surface area contributed by atoms with Crippen molar-refractivity contribution < 1.29 is 4.39 Å². The highest BCUT2D eigenvalue weighted by Gasteiger charge is 1.98. The van der Waals surface area contributed by atoms with Crippen molar-refractivity contribution in [2.75, 3.05) is 0 Å². The van der Waals surface area contributed by atoms with E-state index >= 15 is 0 Å². The van der Waals surface area contributed by atoms with Crippen molar-refractivity contribution in [2.24, 2.45) is 5.11 Å². The van der Waals surface area contributed by atoms with Crippen LogP contribution in [0.25, 0.3) is 10.4 Å². The molecular weight excluding hydrogens is 159 g/mol. The largest absolute Gasteiger partial charge is 0.225 e. The van der Waals surface area contributed by atoms with Crippen LogP contribution in [0.3, 0.4) is 0 Å². The van der Waals surface area contributed by atoms with E-state index in [4.69, 9.17) is 5.53 Å². The molecule has 0 saturated carbocycles. The van der Waals surface area contributed by atoms with Gasteiger partial charge in [0.05, 0.1) is 6.54 Å². The molecule has 5 heteroatoms. The number of pyridine rings is 1. The Morgan fingerprint density at radius 3 is 3.00 bits per heavy atom. The molecule has 0 unspecified atom stereocenters. The van der Waals surface area contributed by atoms with Gasteiger partial charge in [0.15, 0.2) is 0 Å². The monoisotopic (exact) mass is 166 g/mol. The Bertz CT molecular complexity index is 330. The fraction of sp³-hybridized carbons (Fsp3) is 0.286. The molecule has 0 spiro atoms. The van der Waals surface area contributed by atoms with Gasteiger partial charge >= 0.3 is 0 Å². The maximum atomic E-state index is 12.5. The van der Waals surface area contributed by atoms with Crippen LogP contribution in [0.15, 0.2) is 17.2 Å². The van der Waals surface area contributed by atoms with Crippen LogP contribution in [0.1, 0.15) is 11.3 Å². The number of hydrogen-bond acceptors (Lipinski definition) is 2. The van der Waals surface area contributed by atoms with Gasteiger partial charge in [0, 0.05) is 10.6 Å². The molecule has 0 aliphatic heterocycles. The molecule has 62 valence electrons. The van der Waals surface area contributed by atoms with E-state index in [9.17, 15) is 4.39 Å². The summed E-state index contributed by atoms with van der Waals surface area (Å²) >= 11 is 0. The highest BCUT2D eigenvalue weighted by molar-refractivity contribution is 5.18. The van der Waals surface area contributed by atoms with Crippen molar-refractivity contribution >= 4 is 0 Å². The molecule has 0 aliphatic rings. The van der Waals surface area contributed by atoms with Crippen molar-refractivity contribution in [3.63, 3.8) is 0 Å². The van der Waals surface area contributed by atoms with E-state index < -0.39 is 5.95 Å². The Kier molecular flexibility index (Phi) is 2.61. The van der Waals surface area contributed by atoms with E-state index in [-0.39, 0.29) is 6.54 Å². The van der Waals surface area contributed by atoms with Crippen LogP contribution in [-0.4, -0.2) is 4.98 Å². The van der Waals surface area contributed by atoms with Crippen molar-refractivity contribution in [1.29, 1.82) is 0 Å². The van der Waals surface area contributed by atoms with Gasteiger partial charge in [-0.05, 0) is 24.1 Å². The van der Waals surface area contributed by atoms with E-state index in [2.05, 4.69) is 15.0 Å². The third-order valence-electron chi connectivity index (χ3n) is 1.47. The summed E-state index contributed by atoms with van der Waals surface area (Å²) in [4.78, 5) is 6.17. The molecule has 4 nitrogen and oxygen atoms in total. The minimum atomic E-state index is -0.516. The fourth-order valence-corrected chi connectivity index (χ4v) is 0.834. The molecule has 1 aromatic rings. The van der Waals surface area contributed by atoms with Crippen LogP contribution < -0.4 is 0 Å². The highest BCUT2D eigenvalue weighted by atomic mass is 19.1. The molecule has 0 N–H and O–H groups in total. The zero-order chi connectivity index (χ0) is 8.97. The van der Waals surface area contributed by atoms with Crippen molar-refractivity contribution in [2.45, 2.75) is 13.5 Å². The standard InChI is InChI=1S/C7H7FN4/c1-5-6(4-10-12-9)2-3-7(8)11-5/h2-3H,4H2,1H3. The molecule has 0 amide bonds. The van der Waals surface area contributed by atoms with Gasteiger partial charge in [-0.25, -0.2) is 4.98 Å². The Labute approximate surface area is 68.7 Å². The summed E-state index contributed by atoms with van der Waals surface area (Å²) in [5.41, 5.74) is 9.34. The minimum absolute atomic E-state index is 0.218. The Balaban J connectivity index is 2.93. The van der Waals surface area contributed by atoms with E-state index in [0.29, 0.717) is 5.69 Å². The lowest BCUT2D eigenvalue weighted by molar-refractivity contribution is 0.578. The number of aromatic nitrogens is 1. The molecule has 0 bridgehead atoms. The smallest absolute Gasteiger partial charge is 0.213 e. The third-order valence-corrected chi connectivity index (χ3v) is 1.47. The Hall–Kier alpha value is -1.61. The molecule has 0 aromatic carbocycles. The second kappa shape index (κ2) is 3.69. The predicted octanol–water partition coefficient (Wildman–Crippen LogP) is 2.34. The van der Waals surface area contributed by atoms with Crippen LogP contribution in [0, 0.1) is 12.9 Å². The lowest BCUT2D eigenvalue weighted by atomic mass is 10.2. The lowest BCUT2D eigenvalue weighted by Gasteiger charge is -1.99. The molecule has 0 radical (unpaired) electrons. The first-order valence-electron chi connectivity index (χ1n) is 3.37. The first-order valence-corrected chi connectivity index (χ1v) is 3.37. The third kappa shape index (κ3) is 1.93. The summed E-state index contributed by atoms with van der Waals surface area (Å²) < 4.78 is 12.5. The summed E-state index contributed by atoms with van der Waals surface area (Å²) in [7, 11) is 0. The first kappa shape index (κ1) is 8.49. The van der Waals surface area contributed by atoms with Crippen LogP contribution in [0.2, 0.25) is 0 Å². The predicted molar refractivity (Wildman–Crippen MR) is 41.8 cm³/mol. The lowest BCUT2D eigenvalue weighted by Crippen LogP contribution is -1.92. The summed E-state index contributed by atoms with van der Waals surface area (Å²) in [6.45, 7) is 1.89. The molecule has 12 heavy (non-hydrogen) atoms. The minimum Gasteiger partial charge on any atom is -0.225 e. The summed E-state index contributed by atoms with van der Waals surface area (Å²) in [5, 5.41) is 3.35. The molecule has 0 fully saturated rings. The summed E-state index contributed by atoms with van der Waals surface area (Å²) in [5.74, 6) is -0.516. The van der Waals surface area contributed by atoms with Gasteiger partial charge in [-0.15, -0.1) is 0 Å². The molecule has 0 aliphatic carbocycles. The second-order valence-electron chi connectivity index (χ2n) is 2.27. The van der Waals surface area contributed by atoms with E-state index in [0.717, 1.165) is 5.56 Å². The van der Waals surface area contributed by atoms with Gasteiger partial charge in [0.2, 0.25) is 5.95 Å². The maximum absolute atomic E-state index is 12.5. The first-order chi connectivity index (χ1) is 5.74. The van der Waals surface area contributed by atoms with Crippen molar-refractivity contribution in [1.82, 2.24) is 4.98 Å². The zero-order valence-corrected chi connectivity index (χ0v) is 6.53. The van der Waals surface area contributed by atoms with Crippen LogP contribution in [-0.2, 0) is 6.54 Å². The number of halogens is 1. The van der Waals surface area contributed by atoms with Gasteiger partial charge < -0.3 is 0 Å². The quantitative estimate of drug-likeness (QED) is 0.288. The van der Waals surface area contributed by atoms with E-state index in [1.807, 2.05) is 0 Å². The SMILES string of the molecule is Cc1nc(F)ccc1CN=[N+]=[N-]. The topological polar surface area (TPSA) is 61.7 Å². The normalized spacial score (nSPS) is 9.17. The van der Waals surface area contributed by atoms with Gasteiger partial charge in [-0.3, -0.25) is 0 Å². The fourth-order valence-electron chi connectivity index (χ4n) is 0.834.